The number of hydrogen-bond acceptors (Lipinski definition) is 1. The fourth-order valence-electron chi connectivity index (χ4n) is 1.69. The van der Waals surface area contributed by atoms with Gasteiger partial charge in [-0.1, -0.05) is 20.3 Å². The van der Waals surface area contributed by atoms with Crippen LogP contribution in [0.3, 0.4) is 0 Å². The summed E-state index contributed by atoms with van der Waals surface area (Å²) in [4.78, 5) is 0. The normalized spacial score (nSPS) is 14.9. The summed E-state index contributed by atoms with van der Waals surface area (Å²) >= 11 is 0. The molecule has 0 aromatic heterocycles. The van der Waals surface area contributed by atoms with E-state index in [0.717, 1.165) is 25.0 Å². The molecule has 0 heterocycles. The van der Waals surface area contributed by atoms with E-state index in [1.54, 1.807) is 6.92 Å². The van der Waals surface area contributed by atoms with Crippen LogP contribution in [0.25, 0.3) is 0 Å². The zero-order valence-electron chi connectivity index (χ0n) is 9.30. The van der Waals surface area contributed by atoms with Crippen LogP contribution in [0.2, 0.25) is 0 Å². The Morgan fingerprint density at radius 2 is 1.69 bits per heavy atom. The Kier molecular flexibility index (Phi) is 4.35. The maximum atomic E-state index is 12.9. The van der Waals surface area contributed by atoms with Gasteiger partial charge in [0.1, 0.15) is 0 Å². The number of benzene rings is 1. The van der Waals surface area contributed by atoms with E-state index in [-0.39, 0.29) is 11.5 Å². The van der Waals surface area contributed by atoms with Crippen LogP contribution in [-0.2, 0) is 0 Å². The summed E-state index contributed by atoms with van der Waals surface area (Å²) in [6.45, 7) is 3.74. The van der Waals surface area contributed by atoms with Gasteiger partial charge in [0.05, 0.1) is 6.10 Å². The number of aliphatic hydroxyl groups is 1. The summed E-state index contributed by atoms with van der Waals surface area (Å²) < 4.78 is 38.5. The maximum Gasteiger partial charge on any atom is 0.194 e. The molecule has 16 heavy (non-hydrogen) atoms. The highest BCUT2D eigenvalue weighted by atomic mass is 19.2. The molecule has 0 aliphatic rings. The lowest BCUT2D eigenvalue weighted by atomic mass is 9.93. The molecule has 1 N–H and O–H groups in total. The minimum absolute atomic E-state index is 0.0809. The van der Waals surface area contributed by atoms with Crippen molar-refractivity contribution < 1.29 is 18.3 Å². The van der Waals surface area contributed by atoms with Gasteiger partial charge in [0.15, 0.2) is 17.5 Å². The molecule has 1 aromatic rings. The summed E-state index contributed by atoms with van der Waals surface area (Å²) in [7, 11) is 0. The van der Waals surface area contributed by atoms with Gasteiger partial charge < -0.3 is 5.11 Å². The third kappa shape index (κ3) is 2.76. The summed E-state index contributed by atoms with van der Waals surface area (Å²) in [6, 6.07) is 1.68. The van der Waals surface area contributed by atoms with Crippen molar-refractivity contribution >= 4 is 0 Å². The van der Waals surface area contributed by atoms with Crippen LogP contribution in [0.4, 0.5) is 13.2 Å². The van der Waals surface area contributed by atoms with Gasteiger partial charge in [-0.15, -0.1) is 0 Å². The SMILES string of the molecule is CCCC(C)C(O)c1cc(F)c(F)c(F)c1. The predicted octanol–water partition coefficient (Wildman–Crippen LogP) is 3.57. The Labute approximate surface area is 92.9 Å². The second-order valence-corrected chi connectivity index (χ2v) is 4.01. The molecule has 0 radical (unpaired) electrons. The van der Waals surface area contributed by atoms with Gasteiger partial charge in [-0.25, -0.2) is 13.2 Å². The summed E-state index contributed by atoms with van der Waals surface area (Å²) in [6.07, 6.45) is 0.635. The molecule has 0 fully saturated rings. The van der Waals surface area contributed by atoms with E-state index >= 15 is 0 Å². The fraction of sp³-hybridized carbons (Fsp3) is 0.500. The molecule has 0 amide bonds. The van der Waals surface area contributed by atoms with Crippen molar-refractivity contribution in [3.63, 3.8) is 0 Å². The van der Waals surface area contributed by atoms with Crippen molar-refractivity contribution in [2.24, 2.45) is 5.92 Å². The quantitative estimate of drug-likeness (QED) is 0.787. The highest BCUT2D eigenvalue weighted by molar-refractivity contribution is 5.21. The number of hydrogen-bond donors (Lipinski definition) is 1. The van der Waals surface area contributed by atoms with Gasteiger partial charge in [-0.05, 0) is 30.0 Å². The molecule has 1 nitrogen and oxygen atoms in total. The van der Waals surface area contributed by atoms with Gasteiger partial charge in [0.25, 0.3) is 0 Å². The average Bonchev–Trinajstić information content (AvgIpc) is 2.24. The Bertz CT molecular complexity index is 342. The van der Waals surface area contributed by atoms with E-state index in [4.69, 9.17) is 0 Å². The molecule has 0 spiro atoms. The molecule has 0 saturated carbocycles. The largest absolute Gasteiger partial charge is 0.388 e. The van der Waals surface area contributed by atoms with E-state index in [1.165, 1.54) is 0 Å². The van der Waals surface area contributed by atoms with Crippen LogP contribution in [0, 0.1) is 23.4 Å². The lowest BCUT2D eigenvalue weighted by molar-refractivity contribution is 0.111. The van der Waals surface area contributed by atoms with Crippen molar-refractivity contribution in [3.8, 4) is 0 Å². The summed E-state index contributed by atoms with van der Waals surface area (Å²) in [5.74, 6) is -4.15. The molecule has 0 saturated heterocycles. The Morgan fingerprint density at radius 3 is 2.12 bits per heavy atom. The summed E-state index contributed by atoms with van der Waals surface area (Å²) in [5.41, 5.74) is 0.0809. The first-order valence-corrected chi connectivity index (χ1v) is 5.29. The van der Waals surface area contributed by atoms with Gasteiger partial charge in [-0.3, -0.25) is 0 Å². The standard InChI is InChI=1S/C12H15F3O/c1-3-4-7(2)12(16)8-5-9(13)11(15)10(14)6-8/h5-7,12,16H,3-4H2,1-2H3. The van der Waals surface area contributed by atoms with Crippen LogP contribution in [0.5, 0.6) is 0 Å². The Balaban J connectivity index is 2.96. The van der Waals surface area contributed by atoms with Crippen molar-refractivity contribution in [3.05, 3.63) is 35.1 Å². The zero-order valence-corrected chi connectivity index (χ0v) is 9.30. The molecular weight excluding hydrogens is 217 g/mol. The van der Waals surface area contributed by atoms with Gasteiger partial charge in [0.2, 0.25) is 0 Å². The van der Waals surface area contributed by atoms with Crippen LogP contribution in [-0.4, -0.2) is 5.11 Å². The number of rotatable bonds is 4. The first-order chi connectivity index (χ1) is 7.47. The van der Waals surface area contributed by atoms with E-state index < -0.39 is 23.6 Å². The first kappa shape index (κ1) is 13.0. The molecule has 1 rings (SSSR count). The Hall–Kier alpha value is -1.03. The molecule has 0 bridgehead atoms. The molecule has 4 heteroatoms. The third-order valence-electron chi connectivity index (χ3n) is 2.63. The number of halogens is 3. The predicted molar refractivity (Wildman–Crippen MR) is 55.3 cm³/mol. The smallest absolute Gasteiger partial charge is 0.194 e. The molecule has 0 aliphatic carbocycles. The van der Waals surface area contributed by atoms with Crippen molar-refractivity contribution in [1.29, 1.82) is 0 Å². The highest BCUT2D eigenvalue weighted by Crippen LogP contribution is 2.27. The molecule has 90 valence electrons. The van der Waals surface area contributed by atoms with E-state index in [2.05, 4.69) is 0 Å². The van der Waals surface area contributed by atoms with Gasteiger partial charge >= 0.3 is 0 Å². The number of aliphatic hydroxyl groups excluding tert-OH is 1. The second kappa shape index (κ2) is 5.34. The van der Waals surface area contributed by atoms with Crippen LogP contribution >= 0.6 is 0 Å². The fourth-order valence-corrected chi connectivity index (χ4v) is 1.69. The monoisotopic (exact) mass is 232 g/mol. The molecular formula is C12H15F3O. The third-order valence-corrected chi connectivity index (χ3v) is 2.63. The Morgan fingerprint density at radius 1 is 1.19 bits per heavy atom. The van der Waals surface area contributed by atoms with E-state index in [1.807, 2.05) is 6.92 Å². The molecule has 2 unspecified atom stereocenters. The first-order valence-electron chi connectivity index (χ1n) is 5.29. The average molecular weight is 232 g/mol. The van der Waals surface area contributed by atoms with Crippen molar-refractivity contribution in [1.82, 2.24) is 0 Å². The van der Waals surface area contributed by atoms with Crippen molar-refractivity contribution in [2.75, 3.05) is 0 Å². The van der Waals surface area contributed by atoms with Crippen molar-refractivity contribution in [2.45, 2.75) is 32.8 Å². The van der Waals surface area contributed by atoms with E-state index in [9.17, 15) is 18.3 Å². The molecule has 2 atom stereocenters. The second-order valence-electron chi connectivity index (χ2n) is 4.01. The lowest BCUT2D eigenvalue weighted by Crippen LogP contribution is -2.10. The maximum absolute atomic E-state index is 12.9. The lowest BCUT2D eigenvalue weighted by Gasteiger charge is -2.18. The molecule has 1 aromatic carbocycles. The minimum Gasteiger partial charge on any atom is -0.388 e. The van der Waals surface area contributed by atoms with Gasteiger partial charge in [0, 0.05) is 0 Å². The topological polar surface area (TPSA) is 20.2 Å². The van der Waals surface area contributed by atoms with E-state index in [0.29, 0.717) is 0 Å². The van der Waals surface area contributed by atoms with Crippen LogP contribution < -0.4 is 0 Å². The summed E-state index contributed by atoms with van der Waals surface area (Å²) in [5, 5.41) is 9.80. The minimum atomic E-state index is -1.50. The zero-order chi connectivity index (χ0) is 12.3. The van der Waals surface area contributed by atoms with Gasteiger partial charge in [-0.2, -0.15) is 0 Å². The molecule has 0 aliphatic heterocycles. The highest BCUT2D eigenvalue weighted by Gasteiger charge is 2.19. The van der Waals surface area contributed by atoms with Crippen LogP contribution in [0.15, 0.2) is 12.1 Å². The van der Waals surface area contributed by atoms with Crippen LogP contribution in [0.1, 0.15) is 38.4 Å².